The van der Waals surface area contributed by atoms with Crippen molar-refractivity contribution in [3.05, 3.63) is 11.8 Å². The molecule has 1 N–H and O–H groups in total. The highest BCUT2D eigenvalue weighted by Crippen LogP contribution is 2.37. The van der Waals surface area contributed by atoms with Gasteiger partial charge in [0, 0.05) is 24.9 Å². The Morgan fingerprint density at radius 2 is 1.95 bits per heavy atom. The number of aromatic nitrogens is 2. The minimum absolute atomic E-state index is 0.502. The van der Waals surface area contributed by atoms with E-state index in [-0.39, 0.29) is 0 Å². The highest BCUT2D eigenvalue weighted by atomic mass is 16.4. The molecule has 21 heavy (non-hydrogen) atoms. The van der Waals surface area contributed by atoms with Crippen LogP contribution in [-0.4, -0.2) is 22.8 Å². The van der Waals surface area contributed by atoms with Gasteiger partial charge in [-0.3, -0.25) is 0 Å². The van der Waals surface area contributed by atoms with E-state index >= 15 is 0 Å². The molecule has 0 bridgehead atoms. The fourth-order valence-electron chi connectivity index (χ4n) is 3.19. The Morgan fingerprint density at radius 3 is 2.62 bits per heavy atom. The van der Waals surface area contributed by atoms with E-state index in [1.54, 1.807) is 0 Å². The number of hydrogen-bond donors (Lipinski definition) is 1. The van der Waals surface area contributed by atoms with E-state index in [2.05, 4.69) is 36.3 Å². The van der Waals surface area contributed by atoms with Crippen molar-refractivity contribution in [2.24, 2.45) is 5.92 Å². The lowest BCUT2D eigenvalue weighted by atomic mass is 9.80. The number of hydrogen-bond acceptors (Lipinski definition) is 4. The lowest BCUT2D eigenvalue weighted by molar-refractivity contribution is 0.274. The second kappa shape index (κ2) is 8.52. The van der Waals surface area contributed by atoms with E-state index in [9.17, 15) is 0 Å². The summed E-state index contributed by atoms with van der Waals surface area (Å²) in [6.45, 7) is 7.48. The zero-order valence-electron chi connectivity index (χ0n) is 13.9. The molecule has 0 unspecified atom stereocenters. The maximum atomic E-state index is 5.86. The molecule has 0 radical (unpaired) electrons. The van der Waals surface area contributed by atoms with Crippen LogP contribution in [0.2, 0.25) is 0 Å². The monoisotopic (exact) mass is 293 g/mol. The molecule has 4 nitrogen and oxygen atoms in total. The van der Waals surface area contributed by atoms with Crippen LogP contribution in [0.15, 0.2) is 4.42 Å². The minimum atomic E-state index is 0.502. The molecule has 0 atom stereocenters. The van der Waals surface area contributed by atoms with Gasteiger partial charge in [0.2, 0.25) is 11.8 Å². The van der Waals surface area contributed by atoms with Gasteiger partial charge in [0.15, 0.2) is 0 Å². The van der Waals surface area contributed by atoms with E-state index in [0.717, 1.165) is 30.7 Å². The third-order valence-corrected chi connectivity index (χ3v) is 4.54. The summed E-state index contributed by atoms with van der Waals surface area (Å²) < 4.78 is 5.86. The molecular weight excluding hydrogens is 262 g/mol. The minimum Gasteiger partial charge on any atom is -0.425 e. The van der Waals surface area contributed by atoms with Gasteiger partial charge < -0.3 is 9.73 Å². The van der Waals surface area contributed by atoms with Crippen molar-refractivity contribution < 1.29 is 4.42 Å². The molecule has 1 fully saturated rings. The summed E-state index contributed by atoms with van der Waals surface area (Å²) in [6, 6.07) is 0.505. The first-order valence-electron chi connectivity index (χ1n) is 8.74. The molecular formula is C17H31N3O. The fourth-order valence-corrected chi connectivity index (χ4v) is 3.19. The highest BCUT2D eigenvalue weighted by Gasteiger charge is 2.25. The zero-order chi connectivity index (χ0) is 15.1. The van der Waals surface area contributed by atoms with Crippen molar-refractivity contribution in [3.63, 3.8) is 0 Å². The van der Waals surface area contributed by atoms with Gasteiger partial charge in [-0.25, -0.2) is 0 Å². The SMILES string of the molecule is CCCCC1CCC(c2nnc(CCNC(C)C)o2)CC1. The number of rotatable bonds is 8. The Labute approximate surface area is 129 Å². The Bertz CT molecular complexity index is 394. The highest BCUT2D eigenvalue weighted by molar-refractivity contribution is 4.94. The van der Waals surface area contributed by atoms with Crippen LogP contribution in [0, 0.1) is 5.92 Å². The molecule has 120 valence electrons. The summed E-state index contributed by atoms with van der Waals surface area (Å²) in [7, 11) is 0. The van der Waals surface area contributed by atoms with Gasteiger partial charge >= 0.3 is 0 Å². The van der Waals surface area contributed by atoms with Crippen LogP contribution < -0.4 is 5.32 Å². The number of nitrogens with zero attached hydrogens (tertiary/aromatic N) is 2. The zero-order valence-corrected chi connectivity index (χ0v) is 13.9. The van der Waals surface area contributed by atoms with E-state index in [0.29, 0.717) is 12.0 Å². The van der Waals surface area contributed by atoms with Crippen LogP contribution >= 0.6 is 0 Å². The van der Waals surface area contributed by atoms with Gasteiger partial charge in [-0.05, 0) is 31.6 Å². The van der Waals surface area contributed by atoms with Crippen LogP contribution in [0.1, 0.15) is 83.4 Å². The Kier molecular flexibility index (Phi) is 6.68. The molecule has 0 spiro atoms. The Balaban J connectivity index is 1.74. The normalized spacial score (nSPS) is 22.9. The molecule has 1 heterocycles. The van der Waals surface area contributed by atoms with Crippen LogP contribution in [0.5, 0.6) is 0 Å². The second-order valence-electron chi connectivity index (χ2n) is 6.75. The quantitative estimate of drug-likeness (QED) is 0.785. The topological polar surface area (TPSA) is 51.0 Å². The van der Waals surface area contributed by atoms with Gasteiger partial charge in [0.1, 0.15) is 0 Å². The molecule has 1 aliphatic carbocycles. The molecule has 0 aromatic carbocycles. The lowest BCUT2D eigenvalue weighted by Gasteiger charge is -2.26. The van der Waals surface area contributed by atoms with Crippen molar-refractivity contribution >= 4 is 0 Å². The molecule has 0 amide bonds. The van der Waals surface area contributed by atoms with Crippen molar-refractivity contribution in [3.8, 4) is 0 Å². The van der Waals surface area contributed by atoms with Crippen molar-refractivity contribution in [2.45, 2.75) is 84.1 Å². The van der Waals surface area contributed by atoms with Crippen LogP contribution in [0.25, 0.3) is 0 Å². The average Bonchev–Trinajstić information content (AvgIpc) is 2.94. The summed E-state index contributed by atoms with van der Waals surface area (Å²) in [5.41, 5.74) is 0. The first-order valence-corrected chi connectivity index (χ1v) is 8.74. The predicted octanol–water partition coefficient (Wildman–Crippen LogP) is 4.07. The maximum absolute atomic E-state index is 5.86. The third kappa shape index (κ3) is 5.42. The molecule has 1 saturated carbocycles. The molecule has 4 heteroatoms. The van der Waals surface area contributed by atoms with Crippen molar-refractivity contribution in [1.29, 1.82) is 0 Å². The summed E-state index contributed by atoms with van der Waals surface area (Å²) in [4.78, 5) is 0. The molecule has 0 aliphatic heterocycles. The number of unbranched alkanes of at least 4 members (excludes halogenated alkanes) is 1. The van der Waals surface area contributed by atoms with Gasteiger partial charge in [0.05, 0.1) is 0 Å². The summed E-state index contributed by atoms with van der Waals surface area (Å²) >= 11 is 0. The number of nitrogens with one attached hydrogen (secondary N) is 1. The molecule has 0 saturated heterocycles. The molecule has 1 aromatic heterocycles. The van der Waals surface area contributed by atoms with E-state index in [1.165, 1.54) is 44.9 Å². The standard InChI is InChI=1S/C17H31N3O/c1-4-5-6-14-7-9-15(10-8-14)17-20-19-16(21-17)11-12-18-13(2)3/h13-15,18H,4-12H2,1-3H3. The lowest BCUT2D eigenvalue weighted by Crippen LogP contribution is -2.25. The summed E-state index contributed by atoms with van der Waals surface area (Å²) in [6.07, 6.45) is 10.0. The Hall–Kier alpha value is -0.900. The first kappa shape index (κ1) is 16.5. The summed E-state index contributed by atoms with van der Waals surface area (Å²) in [5.74, 6) is 3.09. The van der Waals surface area contributed by atoms with Crippen LogP contribution in [0.4, 0.5) is 0 Å². The van der Waals surface area contributed by atoms with Crippen LogP contribution in [0.3, 0.4) is 0 Å². The first-order chi connectivity index (χ1) is 10.2. The van der Waals surface area contributed by atoms with E-state index in [1.807, 2.05) is 0 Å². The van der Waals surface area contributed by atoms with E-state index < -0.39 is 0 Å². The van der Waals surface area contributed by atoms with Gasteiger partial charge in [-0.2, -0.15) is 0 Å². The van der Waals surface area contributed by atoms with Gasteiger partial charge in [-0.1, -0.05) is 40.0 Å². The van der Waals surface area contributed by atoms with Crippen LogP contribution in [-0.2, 0) is 6.42 Å². The largest absolute Gasteiger partial charge is 0.425 e. The smallest absolute Gasteiger partial charge is 0.219 e. The van der Waals surface area contributed by atoms with Crippen molar-refractivity contribution in [2.75, 3.05) is 6.54 Å². The molecule has 1 aromatic rings. The predicted molar refractivity (Wildman–Crippen MR) is 85.4 cm³/mol. The third-order valence-electron chi connectivity index (χ3n) is 4.54. The fraction of sp³-hybridized carbons (Fsp3) is 0.882. The average molecular weight is 293 g/mol. The van der Waals surface area contributed by atoms with Crippen molar-refractivity contribution in [1.82, 2.24) is 15.5 Å². The maximum Gasteiger partial charge on any atom is 0.219 e. The second-order valence-corrected chi connectivity index (χ2v) is 6.75. The molecule has 1 aliphatic rings. The van der Waals surface area contributed by atoms with Gasteiger partial charge in [-0.15, -0.1) is 10.2 Å². The molecule has 2 rings (SSSR count). The van der Waals surface area contributed by atoms with E-state index in [4.69, 9.17) is 4.42 Å². The van der Waals surface area contributed by atoms with Gasteiger partial charge in [0.25, 0.3) is 0 Å². The summed E-state index contributed by atoms with van der Waals surface area (Å²) in [5, 5.41) is 11.9. The Morgan fingerprint density at radius 1 is 1.19 bits per heavy atom.